The Kier molecular flexibility index (Phi) is 6.91. The zero-order valence-corrected chi connectivity index (χ0v) is 21.1. The van der Waals surface area contributed by atoms with E-state index in [1.165, 1.54) is 16.2 Å². The Morgan fingerprint density at radius 1 is 1.09 bits per heavy atom. The van der Waals surface area contributed by atoms with Crippen LogP contribution in [0.4, 0.5) is 10.7 Å². The molecule has 0 bridgehead atoms. The average Bonchev–Trinajstić information content (AvgIpc) is 3.42. The van der Waals surface area contributed by atoms with Crippen molar-refractivity contribution < 1.29 is 14.3 Å². The van der Waals surface area contributed by atoms with Crippen molar-refractivity contribution in [3.63, 3.8) is 0 Å². The Morgan fingerprint density at radius 2 is 1.88 bits per heavy atom. The standard InChI is InChI=1S/C26H30N2O3S2/c1-5-31-19-10-7-6-9-18(19)27-24(30)22-17-13-12-16(26(2,3)4)15-21(17)33-25(22)28-23(29)20-11-8-14-32-20/h6-11,14,16H,5,12-13,15H2,1-4H3,(H,27,30)(H,28,29). The van der Waals surface area contributed by atoms with Gasteiger partial charge in [0.25, 0.3) is 11.8 Å². The smallest absolute Gasteiger partial charge is 0.266 e. The summed E-state index contributed by atoms with van der Waals surface area (Å²) in [5, 5.41) is 8.56. The summed E-state index contributed by atoms with van der Waals surface area (Å²) < 4.78 is 5.68. The maximum atomic E-state index is 13.6. The molecule has 2 heterocycles. The second-order valence-electron chi connectivity index (χ2n) is 9.33. The van der Waals surface area contributed by atoms with E-state index in [0.717, 1.165) is 24.8 Å². The molecule has 174 valence electrons. The van der Waals surface area contributed by atoms with Crippen molar-refractivity contribution >= 4 is 45.2 Å². The molecular formula is C26H30N2O3S2. The van der Waals surface area contributed by atoms with Crippen LogP contribution in [0.5, 0.6) is 5.75 Å². The van der Waals surface area contributed by atoms with E-state index in [2.05, 4.69) is 31.4 Å². The number of anilines is 2. The number of nitrogens with one attached hydrogen (secondary N) is 2. The van der Waals surface area contributed by atoms with Crippen molar-refractivity contribution in [2.75, 3.05) is 17.2 Å². The molecule has 2 N–H and O–H groups in total. The van der Waals surface area contributed by atoms with Gasteiger partial charge in [0.15, 0.2) is 0 Å². The number of para-hydroxylation sites is 2. The minimum Gasteiger partial charge on any atom is -0.492 e. The first-order valence-electron chi connectivity index (χ1n) is 11.3. The SMILES string of the molecule is CCOc1ccccc1NC(=O)c1c(NC(=O)c2cccs2)sc2c1CCC(C(C)(C)C)C2. The summed E-state index contributed by atoms with van der Waals surface area (Å²) in [5.41, 5.74) is 2.47. The highest BCUT2D eigenvalue weighted by Gasteiger charge is 2.34. The molecule has 0 fully saturated rings. The first kappa shape index (κ1) is 23.5. The average molecular weight is 483 g/mol. The van der Waals surface area contributed by atoms with E-state index in [-0.39, 0.29) is 17.2 Å². The maximum absolute atomic E-state index is 13.6. The number of hydrogen-bond donors (Lipinski definition) is 2. The monoisotopic (exact) mass is 482 g/mol. The van der Waals surface area contributed by atoms with Gasteiger partial charge in [0, 0.05) is 4.88 Å². The third-order valence-corrected chi connectivity index (χ3v) is 8.16. The summed E-state index contributed by atoms with van der Waals surface area (Å²) in [6.45, 7) is 9.24. The van der Waals surface area contributed by atoms with Crippen molar-refractivity contribution in [2.45, 2.75) is 47.0 Å². The van der Waals surface area contributed by atoms with Gasteiger partial charge in [-0.2, -0.15) is 0 Å². The van der Waals surface area contributed by atoms with Gasteiger partial charge in [0.05, 0.1) is 22.7 Å². The zero-order valence-electron chi connectivity index (χ0n) is 19.5. The molecule has 0 saturated carbocycles. The van der Waals surface area contributed by atoms with Crippen LogP contribution in [0.15, 0.2) is 41.8 Å². The minimum absolute atomic E-state index is 0.181. The molecule has 0 aliphatic heterocycles. The van der Waals surface area contributed by atoms with Crippen LogP contribution in [0.25, 0.3) is 0 Å². The molecule has 2 amide bonds. The highest BCUT2D eigenvalue weighted by atomic mass is 32.1. The fourth-order valence-corrected chi connectivity index (χ4v) is 6.20. The molecule has 0 spiro atoms. The number of amides is 2. The molecule has 7 heteroatoms. The zero-order chi connectivity index (χ0) is 23.6. The van der Waals surface area contributed by atoms with Gasteiger partial charge >= 0.3 is 0 Å². The number of rotatable bonds is 6. The predicted octanol–water partition coefficient (Wildman–Crippen LogP) is 6.86. The fourth-order valence-electron chi connectivity index (χ4n) is 4.26. The molecule has 1 aliphatic carbocycles. The van der Waals surface area contributed by atoms with Crippen LogP contribution in [0.1, 0.15) is 64.6 Å². The Morgan fingerprint density at radius 3 is 2.58 bits per heavy atom. The lowest BCUT2D eigenvalue weighted by Gasteiger charge is -2.33. The van der Waals surface area contributed by atoms with Crippen molar-refractivity contribution in [3.05, 3.63) is 62.7 Å². The number of carbonyl (C=O) groups excluding carboxylic acids is 2. The topological polar surface area (TPSA) is 67.4 Å². The normalized spacial score (nSPS) is 15.6. The van der Waals surface area contributed by atoms with Crippen LogP contribution in [0.3, 0.4) is 0 Å². The highest BCUT2D eigenvalue weighted by molar-refractivity contribution is 7.17. The van der Waals surface area contributed by atoms with Gasteiger partial charge in [0.2, 0.25) is 0 Å². The molecule has 2 aromatic heterocycles. The Bertz CT molecular complexity index is 1140. The van der Waals surface area contributed by atoms with Crippen LogP contribution in [-0.2, 0) is 12.8 Å². The van der Waals surface area contributed by atoms with Gasteiger partial charge < -0.3 is 15.4 Å². The largest absolute Gasteiger partial charge is 0.492 e. The van der Waals surface area contributed by atoms with Crippen molar-refractivity contribution in [1.82, 2.24) is 0 Å². The molecule has 1 aliphatic rings. The Labute approximate surface area is 203 Å². The molecule has 0 radical (unpaired) electrons. The number of benzene rings is 1. The third kappa shape index (κ3) is 5.14. The predicted molar refractivity (Wildman–Crippen MR) is 137 cm³/mol. The quantitative estimate of drug-likeness (QED) is 0.403. The van der Waals surface area contributed by atoms with E-state index in [1.54, 1.807) is 17.4 Å². The Balaban J connectivity index is 1.69. The van der Waals surface area contributed by atoms with Crippen LogP contribution < -0.4 is 15.4 Å². The molecular weight excluding hydrogens is 452 g/mol. The van der Waals surface area contributed by atoms with Gasteiger partial charge in [-0.1, -0.05) is 39.0 Å². The van der Waals surface area contributed by atoms with Gasteiger partial charge in [-0.3, -0.25) is 9.59 Å². The summed E-state index contributed by atoms with van der Waals surface area (Å²) in [4.78, 5) is 28.2. The molecule has 1 atom stereocenters. The number of fused-ring (bicyclic) bond motifs is 1. The second kappa shape index (κ2) is 9.69. The maximum Gasteiger partial charge on any atom is 0.266 e. The number of carbonyl (C=O) groups is 2. The number of thiophene rings is 2. The number of ether oxygens (including phenoxy) is 1. The van der Waals surface area contributed by atoms with E-state index in [4.69, 9.17) is 4.74 Å². The van der Waals surface area contributed by atoms with Crippen LogP contribution >= 0.6 is 22.7 Å². The van der Waals surface area contributed by atoms with Crippen molar-refractivity contribution in [2.24, 2.45) is 11.3 Å². The van der Waals surface area contributed by atoms with Crippen LogP contribution in [-0.4, -0.2) is 18.4 Å². The van der Waals surface area contributed by atoms with Crippen molar-refractivity contribution in [1.29, 1.82) is 0 Å². The van der Waals surface area contributed by atoms with E-state index in [0.29, 0.717) is 39.4 Å². The molecule has 1 unspecified atom stereocenters. The van der Waals surface area contributed by atoms with E-state index < -0.39 is 0 Å². The molecule has 5 nitrogen and oxygen atoms in total. The molecule has 0 saturated heterocycles. The molecule has 4 rings (SSSR count). The number of hydrogen-bond acceptors (Lipinski definition) is 5. The fraction of sp³-hybridized carbons (Fsp3) is 0.385. The second-order valence-corrected chi connectivity index (χ2v) is 11.4. The highest BCUT2D eigenvalue weighted by Crippen LogP contribution is 2.44. The lowest BCUT2D eigenvalue weighted by molar-refractivity contribution is 0.102. The van der Waals surface area contributed by atoms with E-state index in [1.807, 2.05) is 42.6 Å². The summed E-state index contributed by atoms with van der Waals surface area (Å²) >= 11 is 2.93. The van der Waals surface area contributed by atoms with Crippen LogP contribution in [0.2, 0.25) is 0 Å². The van der Waals surface area contributed by atoms with Gasteiger partial charge in [-0.15, -0.1) is 22.7 Å². The lowest BCUT2D eigenvalue weighted by Crippen LogP contribution is -2.27. The van der Waals surface area contributed by atoms with Gasteiger partial charge in [-0.25, -0.2) is 0 Å². The summed E-state index contributed by atoms with van der Waals surface area (Å²) in [5.74, 6) is 0.781. The first-order valence-corrected chi connectivity index (χ1v) is 13.0. The van der Waals surface area contributed by atoms with Gasteiger partial charge in [-0.05, 0) is 66.7 Å². The summed E-state index contributed by atoms with van der Waals surface area (Å²) in [6, 6.07) is 11.1. The molecule has 1 aromatic carbocycles. The third-order valence-electron chi connectivity index (χ3n) is 6.12. The van der Waals surface area contributed by atoms with Crippen LogP contribution in [0, 0.1) is 11.3 Å². The molecule has 33 heavy (non-hydrogen) atoms. The summed E-state index contributed by atoms with van der Waals surface area (Å²) in [7, 11) is 0. The molecule has 3 aromatic rings. The minimum atomic E-state index is -0.213. The van der Waals surface area contributed by atoms with E-state index >= 15 is 0 Å². The lowest BCUT2D eigenvalue weighted by atomic mass is 9.72. The van der Waals surface area contributed by atoms with Gasteiger partial charge in [0.1, 0.15) is 10.8 Å². The van der Waals surface area contributed by atoms with Crippen molar-refractivity contribution in [3.8, 4) is 5.75 Å². The first-order chi connectivity index (χ1) is 15.8. The van der Waals surface area contributed by atoms with E-state index in [9.17, 15) is 9.59 Å². The Hall–Kier alpha value is -2.64. The summed E-state index contributed by atoms with van der Waals surface area (Å²) in [6.07, 6.45) is 2.79.